The van der Waals surface area contributed by atoms with Crippen LogP contribution < -0.4 is 16.1 Å². The van der Waals surface area contributed by atoms with E-state index in [2.05, 4.69) is 6.07 Å². The van der Waals surface area contributed by atoms with Gasteiger partial charge in [0.2, 0.25) is 5.88 Å². The van der Waals surface area contributed by atoms with E-state index in [1.165, 1.54) is 0 Å². The van der Waals surface area contributed by atoms with Gasteiger partial charge in [0.05, 0.1) is 22.4 Å². The molecule has 1 aliphatic rings. The van der Waals surface area contributed by atoms with Crippen LogP contribution in [0.1, 0.15) is 17.0 Å². The Balaban J connectivity index is 1.71. The third-order valence-electron chi connectivity index (χ3n) is 6.06. The second kappa shape index (κ2) is 7.14. The molecule has 6 rings (SSSR count). The van der Waals surface area contributed by atoms with E-state index in [1.807, 2.05) is 77.5 Å². The first-order valence-corrected chi connectivity index (χ1v) is 10.5. The van der Waals surface area contributed by atoms with Gasteiger partial charge in [-0.1, -0.05) is 48.5 Å². The summed E-state index contributed by atoms with van der Waals surface area (Å²) in [6.45, 7) is 0. The molecule has 1 aliphatic heterocycles. The van der Waals surface area contributed by atoms with Crippen molar-refractivity contribution in [1.82, 2.24) is 4.57 Å². The molecule has 3 aromatic carbocycles. The summed E-state index contributed by atoms with van der Waals surface area (Å²) in [5.74, 6) is -0.406. The normalized spacial score (nSPS) is 15.3. The van der Waals surface area contributed by atoms with Crippen LogP contribution in [-0.2, 0) is 0 Å². The quantitative estimate of drug-likeness (QED) is 0.399. The molecule has 3 heterocycles. The molecule has 2 N–H and O–H groups in total. The number of benzene rings is 3. The number of para-hydroxylation sites is 3. The maximum absolute atomic E-state index is 13.2. The molecule has 0 bridgehead atoms. The van der Waals surface area contributed by atoms with E-state index < -0.39 is 11.5 Å². The Labute approximate surface area is 188 Å². The highest BCUT2D eigenvalue weighted by Gasteiger charge is 2.37. The molecule has 0 fully saturated rings. The maximum atomic E-state index is 13.2. The van der Waals surface area contributed by atoms with Crippen LogP contribution in [0.3, 0.4) is 0 Å². The lowest BCUT2D eigenvalue weighted by Gasteiger charge is -2.25. The molecule has 0 spiro atoms. The topological polar surface area (TPSA) is 94.2 Å². The van der Waals surface area contributed by atoms with Crippen molar-refractivity contribution in [2.45, 2.75) is 5.92 Å². The molecule has 0 aliphatic carbocycles. The van der Waals surface area contributed by atoms with Gasteiger partial charge >= 0.3 is 5.63 Å². The number of hydrogen-bond acceptors (Lipinski definition) is 5. The Bertz CT molecular complexity index is 1690. The van der Waals surface area contributed by atoms with Gasteiger partial charge < -0.3 is 19.5 Å². The largest absolute Gasteiger partial charge is 0.439 e. The Morgan fingerprint density at radius 1 is 0.909 bits per heavy atom. The van der Waals surface area contributed by atoms with Crippen LogP contribution in [0.4, 0.5) is 0 Å². The number of nitrogens with zero attached hydrogens (tertiary/aromatic N) is 2. The van der Waals surface area contributed by atoms with Crippen molar-refractivity contribution < 1.29 is 9.15 Å². The number of allylic oxidation sites excluding steroid dienone is 1. The van der Waals surface area contributed by atoms with Crippen molar-refractivity contribution in [1.29, 1.82) is 5.26 Å². The zero-order valence-corrected chi connectivity index (χ0v) is 17.4. The van der Waals surface area contributed by atoms with Crippen molar-refractivity contribution in [3.63, 3.8) is 0 Å². The SMILES string of the molecule is N#CC1=C(N)Oc2c(c(=O)oc3ccccc23)C1c1cn(-c2ccccc2)c2ccccc12. The van der Waals surface area contributed by atoms with E-state index in [1.54, 1.807) is 12.1 Å². The molecule has 0 radical (unpaired) electrons. The van der Waals surface area contributed by atoms with Gasteiger partial charge in [-0.05, 0) is 35.9 Å². The number of nitrogens with two attached hydrogens (primary N) is 1. The summed E-state index contributed by atoms with van der Waals surface area (Å²) in [5, 5.41) is 11.5. The van der Waals surface area contributed by atoms with Crippen molar-refractivity contribution >= 4 is 21.9 Å². The highest BCUT2D eigenvalue weighted by Crippen LogP contribution is 2.45. The Hall–Kier alpha value is -4.76. The van der Waals surface area contributed by atoms with Gasteiger partial charge in [0, 0.05) is 17.3 Å². The summed E-state index contributed by atoms with van der Waals surface area (Å²) >= 11 is 0. The Morgan fingerprint density at radius 3 is 2.39 bits per heavy atom. The molecule has 6 heteroatoms. The molecule has 6 nitrogen and oxygen atoms in total. The third kappa shape index (κ3) is 2.76. The average Bonchev–Trinajstić information content (AvgIpc) is 3.23. The molecule has 1 atom stereocenters. The van der Waals surface area contributed by atoms with Crippen molar-refractivity contribution in [2.75, 3.05) is 0 Å². The molecule has 0 amide bonds. The van der Waals surface area contributed by atoms with Crippen LogP contribution in [0.15, 0.2) is 106 Å². The number of hydrogen-bond donors (Lipinski definition) is 1. The van der Waals surface area contributed by atoms with E-state index in [4.69, 9.17) is 14.9 Å². The van der Waals surface area contributed by atoms with Crippen LogP contribution in [0.25, 0.3) is 27.6 Å². The van der Waals surface area contributed by atoms with Crippen molar-refractivity contribution in [2.24, 2.45) is 5.73 Å². The van der Waals surface area contributed by atoms with Crippen molar-refractivity contribution in [3.05, 3.63) is 118 Å². The summed E-state index contributed by atoms with van der Waals surface area (Å²) in [6.07, 6.45) is 1.96. The van der Waals surface area contributed by atoms with Gasteiger partial charge in [0.15, 0.2) is 5.75 Å². The minimum atomic E-state index is -0.727. The lowest BCUT2D eigenvalue weighted by atomic mass is 9.83. The molecular weight excluding hydrogens is 414 g/mol. The maximum Gasteiger partial charge on any atom is 0.344 e. The lowest BCUT2D eigenvalue weighted by molar-refractivity contribution is 0.388. The first kappa shape index (κ1) is 19.0. The summed E-state index contributed by atoms with van der Waals surface area (Å²) < 4.78 is 13.5. The minimum Gasteiger partial charge on any atom is -0.439 e. The van der Waals surface area contributed by atoms with Crippen LogP contribution in [0, 0.1) is 11.3 Å². The summed E-state index contributed by atoms with van der Waals surface area (Å²) in [7, 11) is 0. The highest BCUT2D eigenvalue weighted by atomic mass is 16.5. The molecular formula is C27H17N3O3. The molecule has 5 aromatic rings. The van der Waals surface area contributed by atoms with Crippen molar-refractivity contribution in [3.8, 4) is 17.5 Å². The monoisotopic (exact) mass is 431 g/mol. The minimum absolute atomic E-state index is 0.0118. The zero-order valence-electron chi connectivity index (χ0n) is 17.4. The van der Waals surface area contributed by atoms with Gasteiger partial charge in [-0.15, -0.1) is 0 Å². The molecule has 1 unspecified atom stereocenters. The molecule has 0 saturated heterocycles. The fourth-order valence-corrected chi connectivity index (χ4v) is 4.62. The first-order chi connectivity index (χ1) is 16.2. The summed E-state index contributed by atoms with van der Waals surface area (Å²) in [6, 6.07) is 27.1. The second-order valence-corrected chi connectivity index (χ2v) is 7.86. The van der Waals surface area contributed by atoms with Gasteiger partial charge in [-0.2, -0.15) is 5.26 Å². The first-order valence-electron chi connectivity index (χ1n) is 10.5. The van der Waals surface area contributed by atoms with Crippen LogP contribution in [-0.4, -0.2) is 4.57 Å². The van der Waals surface area contributed by atoms with Crippen LogP contribution >= 0.6 is 0 Å². The highest BCUT2D eigenvalue weighted by molar-refractivity contribution is 5.90. The Morgan fingerprint density at radius 2 is 1.61 bits per heavy atom. The predicted octanol–water partition coefficient (Wildman–Crippen LogP) is 4.96. The van der Waals surface area contributed by atoms with Gasteiger partial charge in [0.1, 0.15) is 17.2 Å². The van der Waals surface area contributed by atoms with E-state index in [0.717, 1.165) is 22.2 Å². The van der Waals surface area contributed by atoms with Gasteiger partial charge in [0.25, 0.3) is 0 Å². The molecule has 2 aromatic heterocycles. The predicted molar refractivity (Wildman–Crippen MR) is 125 cm³/mol. The fraction of sp³-hybridized carbons (Fsp3) is 0.0370. The number of nitriles is 1. The molecule has 33 heavy (non-hydrogen) atoms. The van der Waals surface area contributed by atoms with Crippen LogP contribution in [0.5, 0.6) is 5.75 Å². The number of rotatable bonds is 2. The molecule has 0 saturated carbocycles. The van der Waals surface area contributed by atoms with Gasteiger partial charge in [-0.3, -0.25) is 0 Å². The lowest BCUT2D eigenvalue weighted by Crippen LogP contribution is -2.26. The fourth-order valence-electron chi connectivity index (χ4n) is 4.62. The summed E-state index contributed by atoms with van der Waals surface area (Å²) in [5.41, 5.74) is 9.23. The Kier molecular flexibility index (Phi) is 4.11. The number of ether oxygens (including phenoxy) is 1. The van der Waals surface area contributed by atoms with Gasteiger partial charge in [-0.25, -0.2) is 4.79 Å². The smallest absolute Gasteiger partial charge is 0.344 e. The molecule has 158 valence electrons. The third-order valence-corrected chi connectivity index (χ3v) is 6.06. The van der Waals surface area contributed by atoms with E-state index in [0.29, 0.717) is 16.7 Å². The average molecular weight is 431 g/mol. The second-order valence-electron chi connectivity index (χ2n) is 7.86. The van der Waals surface area contributed by atoms with Crippen LogP contribution in [0.2, 0.25) is 0 Å². The summed E-state index contributed by atoms with van der Waals surface area (Å²) in [4.78, 5) is 13.2. The van der Waals surface area contributed by atoms with E-state index >= 15 is 0 Å². The number of fused-ring (bicyclic) bond motifs is 4. The standard InChI is InChI=1S/C27H17N3O3/c28-14-19-23(24-25(33-26(19)29)18-11-5-7-13-22(18)32-27(24)31)20-15-30(16-8-2-1-3-9-16)21-12-6-4-10-17(20)21/h1-13,15,23H,29H2. The van der Waals surface area contributed by atoms with E-state index in [-0.39, 0.29) is 17.0 Å². The number of aromatic nitrogens is 1. The van der Waals surface area contributed by atoms with E-state index in [9.17, 15) is 10.1 Å². The zero-order chi connectivity index (χ0) is 22.5.